The van der Waals surface area contributed by atoms with E-state index in [4.69, 9.17) is 14.2 Å². The van der Waals surface area contributed by atoms with Crippen LogP contribution in [-0.4, -0.2) is 41.7 Å². The number of benzene rings is 3. The van der Waals surface area contributed by atoms with E-state index in [-0.39, 0.29) is 34.2 Å². The molecule has 3 rings (SSSR count). The number of ether oxygens (including phenoxy) is 3. The number of carbonyl (C=O) groups is 2. The predicted molar refractivity (Wildman–Crippen MR) is 133 cm³/mol. The largest absolute Gasteiger partial charge is 0.493 e. The minimum atomic E-state index is -0.735. The Morgan fingerprint density at radius 2 is 1.59 bits per heavy atom. The van der Waals surface area contributed by atoms with Crippen molar-refractivity contribution >= 4 is 45.4 Å². The molecule has 1 N–H and O–H groups in total. The van der Waals surface area contributed by atoms with Crippen LogP contribution in [0.2, 0.25) is 0 Å². The van der Waals surface area contributed by atoms with Crippen LogP contribution in [0.25, 0.3) is 0 Å². The number of carbonyl (C=O) groups excluding carboxylic acids is 2. The molecule has 0 aliphatic carbocycles. The first-order valence-electron chi connectivity index (χ1n) is 10.2. The molecule has 0 atom stereocenters. The highest BCUT2D eigenvalue weighted by atomic mass is 79.9. The normalized spacial score (nSPS) is 10.5. The number of hydrogen-bond donors (Lipinski definition) is 1. The van der Waals surface area contributed by atoms with Crippen LogP contribution in [0.3, 0.4) is 0 Å². The molecule has 0 heterocycles. The molecule has 0 radical (unpaired) electrons. The molecule has 1 amide bonds. The van der Waals surface area contributed by atoms with Gasteiger partial charge in [-0.15, -0.1) is 0 Å². The number of methoxy groups -OCH3 is 1. The van der Waals surface area contributed by atoms with Crippen molar-refractivity contribution in [2.24, 2.45) is 5.10 Å². The van der Waals surface area contributed by atoms with Gasteiger partial charge in [-0.25, -0.2) is 10.2 Å². The molecular formula is C23H17BrN4O9. The lowest BCUT2D eigenvalue weighted by atomic mass is 10.2. The first kappa shape index (κ1) is 26.7. The third kappa shape index (κ3) is 7.32. The molecule has 3 aromatic rings. The first-order valence-corrected chi connectivity index (χ1v) is 11.0. The van der Waals surface area contributed by atoms with Crippen LogP contribution in [0.1, 0.15) is 15.9 Å². The van der Waals surface area contributed by atoms with Crippen LogP contribution in [0, 0.1) is 20.2 Å². The van der Waals surface area contributed by atoms with Gasteiger partial charge in [0.25, 0.3) is 17.3 Å². The Morgan fingerprint density at radius 1 is 0.946 bits per heavy atom. The summed E-state index contributed by atoms with van der Waals surface area (Å²) in [5.41, 5.74) is 2.61. The highest BCUT2D eigenvalue weighted by Crippen LogP contribution is 2.30. The molecule has 0 bridgehead atoms. The molecular weight excluding hydrogens is 556 g/mol. The molecule has 0 aromatic heterocycles. The number of nitrogens with one attached hydrogen (secondary N) is 1. The molecule has 14 heteroatoms. The molecule has 0 saturated heterocycles. The summed E-state index contributed by atoms with van der Waals surface area (Å²) in [6.07, 6.45) is 1.32. The van der Waals surface area contributed by atoms with Crippen LogP contribution >= 0.6 is 15.9 Å². The zero-order chi connectivity index (χ0) is 26.9. The van der Waals surface area contributed by atoms with E-state index in [1.54, 1.807) is 6.07 Å². The standard InChI is InChI=1S/C23H17BrN4O9/c1-35-21-10-14(2-8-20(21)37-23(30)15-3-5-16(6-4-15)27(31)32)12-25-26-22(29)13-36-19-9-7-17(28(33)34)11-18(19)24/h2-12H,13H2,1H3,(H,26,29). The van der Waals surface area contributed by atoms with Crippen molar-refractivity contribution < 1.29 is 33.6 Å². The Hall–Kier alpha value is -4.85. The Bertz CT molecular complexity index is 1380. The van der Waals surface area contributed by atoms with Gasteiger partial charge in [-0.2, -0.15) is 5.10 Å². The van der Waals surface area contributed by atoms with Crippen molar-refractivity contribution in [2.45, 2.75) is 0 Å². The number of nitrogens with zero attached hydrogens (tertiary/aromatic N) is 3. The summed E-state index contributed by atoms with van der Waals surface area (Å²) in [7, 11) is 1.37. The molecule has 0 spiro atoms. The number of nitro groups is 2. The number of nitro benzene ring substituents is 2. The number of rotatable bonds is 10. The fraction of sp³-hybridized carbons (Fsp3) is 0.0870. The van der Waals surface area contributed by atoms with E-state index in [1.165, 1.54) is 67.9 Å². The summed E-state index contributed by atoms with van der Waals surface area (Å²) in [5.74, 6) is -0.761. The molecule has 0 aliphatic heterocycles. The van der Waals surface area contributed by atoms with Gasteiger partial charge in [-0.05, 0) is 57.9 Å². The topological polar surface area (TPSA) is 172 Å². The second-order valence-corrected chi connectivity index (χ2v) is 7.91. The van der Waals surface area contributed by atoms with Gasteiger partial charge in [0.2, 0.25) is 0 Å². The number of hydrogen-bond acceptors (Lipinski definition) is 10. The quantitative estimate of drug-likeness (QED) is 0.124. The summed E-state index contributed by atoms with van der Waals surface area (Å²) >= 11 is 3.15. The lowest BCUT2D eigenvalue weighted by molar-refractivity contribution is -0.385. The molecule has 37 heavy (non-hydrogen) atoms. The van der Waals surface area contributed by atoms with Crippen LogP contribution in [0.15, 0.2) is 70.2 Å². The van der Waals surface area contributed by atoms with Crippen molar-refractivity contribution in [1.82, 2.24) is 5.43 Å². The zero-order valence-electron chi connectivity index (χ0n) is 19.0. The van der Waals surface area contributed by atoms with E-state index in [9.17, 15) is 29.8 Å². The van der Waals surface area contributed by atoms with Gasteiger partial charge >= 0.3 is 5.97 Å². The number of amides is 1. The second kappa shape index (κ2) is 12.2. The van der Waals surface area contributed by atoms with E-state index in [2.05, 4.69) is 26.5 Å². The van der Waals surface area contributed by atoms with Crippen molar-refractivity contribution in [2.75, 3.05) is 13.7 Å². The lowest BCUT2D eigenvalue weighted by Crippen LogP contribution is -2.24. The van der Waals surface area contributed by atoms with Gasteiger partial charge in [-0.3, -0.25) is 25.0 Å². The Balaban J connectivity index is 1.56. The lowest BCUT2D eigenvalue weighted by Gasteiger charge is -2.10. The predicted octanol–water partition coefficient (Wildman–Crippen LogP) is 4.02. The van der Waals surface area contributed by atoms with E-state index < -0.39 is 28.3 Å². The van der Waals surface area contributed by atoms with Crippen LogP contribution in [0.4, 0.5) is 11.4 Å². The minimum absolute atomic E-state index is 0.106. The SMILES string of the molecule is COc1cc(C=NNC(=O)COc2ccc([N+](=O)[O-])cc2Br)ccc1OC(=O)c1ccc([N+](=O)[O-])cc1. The maximum atomic E-state index is 12.4. The molecule has 190 valence electrons. The fourth-order valence-electron chi connectivity index (χ4n) is 2.80. The molecule has 13 nitrogen and oxygen atoms in total. The smallest absolute Gasteiger partial charge is 0.343 e. The number of hydrazone groups is 1. The monoisotopic (exact) mass is 572 g/mol. The highest BCUT2D eigenvalue weighted by molar-refractivity contribution is 9.10. The number of halogens is 1. The number of non-ortho nitro benzene ring substituents is 2. The third-order valence-corrected chi connectivity index (χ3v) is 5.21. The highest BCUT2D eigenvalue weighted by Gasteiger charge is 2.15. The Kier molecular flexibility index (Phi) is 8.83. The van der Waals surface area contributed by atoms with Crippen LogP contribution in [0.5, 0.6) is 17.2 Å². The van der Waals surface area contributed by atoms with Gasteiger partial charge in [0, 0.05) is 24.3 Å². The molecule has 0 fully saturated rings. The Labute approximate surface area is 217 Å². The van der Waals surface area contributed by atoms with Gasteiger partial charge in [-0.1, -0.05) is 0 Å². The maximum absolute atomic E-state index is 12.4. The summed E-state index contributed by atoms with van der Waals surface area (Å²) in [6, 6.07) is 13.3. The first-order chi connectivity index (χ1) is 17.7. The van der Waals surface area contributed by atoms with E-state index in [1.807, 2.05) is 0 Å². The Morgan fingerprint density at radius 3 is 2.22 bits per heavy atom. The van der Waals surface area contributed by atoms with E-state index in [0.29, 0.717) is 10.0 Å². The van der Waals surface area contributed by atoms with Gasteiger partial charge in [0.15, 0.2) is 18.1 Å². The molecule has 3 aromatic carbocycles. The number of esters is 1. The van der Waals surface area contributed by atoms with Gasteiger partial charge in [0.1, 0.15) is 5.75 Å². The van der Waals surface area contributed by atoms with Crippen LogP contribution < -0.4 is 19.6 Å². The summed E-state index contributed by atoms with van der Waals surface area (Å²) in [4.78, 5) is 44.7. The van der Waals surface area contributed by atoms with Crippen LogP contribution in [-0.2, 0) is 4.79 Å². The molecule has 0 aliphatic rings. The maximum Gasteiger partial charge on any atom is 0.343 e. The molecule has 0 unspecified atom stereocenters. The van der Waals surface area contributed by atoms with Crippen molar-refractivity contribution in [3.05, 3.63) is 96.5 Å². The average Bonchev–Trinajstić information content (AvgIpc) is 2.88. The van der Waals surface area contributed by atoms with Gasteiger partial charge in [0.05, 0.1) is 33.2 Å². The minimum Gasteiger partial charge on any atom is -0.493 e. The second-order valence-electron chi connectivity index (χ2n) is 7.06. The summed E-state index contributed by atoms with van der Waals surface area (Å²) in [6.45, 7) is -0.394. The third-order valence-electron chi connectivity index (χ3n) is 4.59. The van der Waals surface area contributed by atoms with Crippen molar-refractivity contribution in [1.29, 1.82) is 0 Å². The zero-order valence-corrected chi connectivity index (χ0v) is 20.5. The fourth-order valence-corrected chi connectivity index (χ4v) is 3.28. The summed E-state index contributed by atoms with van der Waals surface area (Å²) in [5, 5.41) is 25.3. The van der Waals surface area contributed by atoms with Gasteiger partial charge < -0.3 is 14.2 Å². The average molecular weight is 573 g/mol. The van der Waals surface area contributed by atoms with Crippen molar-refractivity contribution in [3.63, 3.8) is 0 Å². The summed E-state index contributed by atoms with van der Waals surface area (Å²) < 4.78 is 16.2. The van der Waals surface area contributed by atoms with E-state index >= 15 is 0 Å². The molecule has 0 saturated carbocycles. The van der Waals surface area contributed by atoms with Crippen molar-refractivity contribution in [3.8, 4) is 17.2 Å². The van der Waals surface area contributed by atoms with E-state index in [0.717, 1.165) is 0 Å².